The van der Waals surface area contributed by atoms with Crippen molar-refractivity contribution in [1.29, 1.82) is 0 Å². The lowest BCUT2D eigenvalue weighted by atomic mass is 9.85. The molecule has 0 radical (unpaired) electrons. The van der Waals surface area contributed by atoms with Gasteiger partial charge in [-0.1, -0.05) is 62.4 Å². The van der Waals surface area contributed by atoms with Gasteiger partial charge in [0.25, 0.3) is 5.91 Å². The van der Waals surface area contributed by atoms with Gasteiger partial charge in [0.15, 0.2) is 0 Å². The Labute approximate surface area is 230 Å². The number of aryl methyl sites for hydroxylation is 1. The Morgan fingerprint density at radius 2 is 1.81 bits per heavy atom. The smallest absolute Gasteiger partial charge is 0.326 e. The van der Waals surface area contributed by atoms with E-state index in [1.807, 2.05) is 67.4 Å². The zero-order chi connectivity index (χ0) is 26.6. The van der Waals surface area contributed by atoms with Crippen LogP contribution in [0.4, 0.5) is 0 Å². The van der Waals surface area contributed by atoms with E-state index in [-0.39, 0.29) is 12.0 Å². The first-order valence-corrected chi connectivity index (χ1v) is 16.0. The van der Waals surface area contributed by atoms with Crippen molar-refractivity contribution in [2.75, 3.05) is 24.0 Å². The quantitative estimate of drug-likeness (QED) is 0.272. The van der Waals surface area contributed by atoms with Crippen molar-refractivity contribution < 1.29 is 19.4 Å². The fourth-order valence-corrected chi connectivity index (χ4v) is 6.16. The molecule has 0 saturated heterocycles. The molecule has 1 aliphatic carbocycles. The van der Waals surface area contributed by atoms with Crippen LogP contribution in [0.5, 0.6) is 0 Å². The van der Waals surface area contributed by atoms with Crippen molar-refractivity contribution in [3.05, 3.63) is 59.2 Å². The number of aliphatic carboxylic acids is 1. The number of carboxylic acids is 1. The summed E-state index contributed by atoms with van der Waals surface area (Å²) in [5, 5.41) is 12.4. The van der Waals surface area contributed by atoms with Crippen molar-refractivity contribution in [3.63, 3.8) is 0 Å². The highest BCUT2D eigenvalue weighted by Gasteiger charge is 2.23. The molecule has 2 aromatic rings. The number of thioether (sulfide) groups is 2. The Morgan fingerprint density at radius 1 is 1.05 bits per heavy atom. The van der Waals surface area contributed by atoms with Crippen LogP contribution in [0.15, 0.2) is 42.5 Å². The summed E-state index contributed by atoms with van der Waals surface area (Å²) in [5.74, 6) is 1.03. The van der Waals surface area contributed by atoms with Gasteiger partial charge in [0.05, 0.1) is 12.7 Å². The van der Waals surface area contributed by atoms with E-state index in [0.29, 0.717) is 24.3 Å². The zero-order valence-electron chi connectivity index (χ0n) is 22.3. The van der Waals surface area contributed by atoms with E-state index in [2.05, 4.69) is 11.6 Å². The minimum atomic E-state index is -1.01. The molecule has 0 bridgehead atoms. The Kier molecular flexibility index (Phi) is 12.4. The highest BCUT2D eigenvalue weighted by molar-refractivity contribution is 7.98. The second kappa shape index (κ2) is 15.5. The number of nitrogens with one attached hydrogen (secondary N) is 1. The zero-order valence-corrected chi connectivity index (χ0v) is 24.0. The fourth-order valence-electron chi connectivity index (χ4n) is 5.08. The third kappa shape index (κ3) is 9.08. The lowest BCUT2D eigenvalue weighted by Gasteiger charge is -2.26. The maximum absolute atomic E-state index is 13.3. The topological polar surface area (TPSA) is 75.6 Å². The lowest BCUT2D eigenvalue weighted by Crippen LogP contribution is -2.41. The molecule has 7 heteroatoms. The molecular formula is C30H41NO4S2. The highest BCUT2D eigenvalue weighted by atomic mass is 32.2. The second-order valence-electron chi connectivity index (χ2n) is 9.97. The monoisotopic (exact) mass is 543 g/mol. The summed E-state index contributed by atoms with van der Waals surface area (Å²) >= 11 is 3.39. The van der Waals surface area contributed by atoms with Crippen LogP contribution >= 0.6 is 23.5 Å². The first-order valence-electron chi connectivity index (χ1n) is 13.2. The molecule has 0 heterocycles. The summed E-state index contributed by atoms with van der Waals surface area (Å²) in [7, 11) is 0. The third-order valence-corrected chi connectivity index (χ3v) is 8.49. The Balaban J connectivity index is 1.82. The molecule has 0 aliphatic heterocycles. The molecule has 1 saturated carbocycles. The maximum Gasteiger partial charge on any atom is 0.326 e. The lowest BCUT2D eigenvalue weighted by molar-refractivity contribution is -0.139. The second-order valence-corrected chi connectivity index (χ2v) is 11.9. The molecule has 1 fully saturated rings. The summed E-state index contributed by atoms with van der Waals surface area (Å²) in [6.45, 7) is 2.52. The van der Waals surface area contributed by atoms with E-state index >= 15 is 0 Å². The first kappa shape index (κ1) is 29.6. The standard InChI is InChI=1S/C30H41NO4S2/c1-21-9-7-8-12-25(21)27-18-23(19-35-24(20-37-3)17-22-10-5-4-6-11-22)13-14-26(27)29(32)31-28(30(33)34)15-16-36-2/h7-9,12-14,18,22,24,28H,4-6,10-11,15-17,19-20H2,1-3H3,(H,31,32)(H,33,34)/t24?,28-/m0/s1. The average molecular weight is 544 g/mol. The number of rotatable bonds is 14. The van der Waals surface area contributed by atoms with Crippen LogP contribution in [-0.2, 0) is 16.1 Å². The van der Waals surface area contributed by atoms with Gasteiger partial charge < -0.3 is 15.2 Å². The molecule has 0 spiro atoms. The average Bonchev–Trinajstić information content (AvgIpc) is 2.90. The fraction of sp³-hybridized carbons (Fsp3) is 0.533. The van der Waals surface area contributed by atoms with Gasteiger partial charge in [-0.3, -0.25) is 4.79 Å². The predicted octanol–water partition coefficient (Wildman–Crippen LogP) is 6.82. The number of carboxylic acid groups (broad SMARTS) is 1. The van der Waals surface area contributed by atoms with Crippen LogP contribution in [-0.4, -0.2) is 53.1 Å². The number of carbonyl (C=O) groups excluding carboxylic acids is 1. The molecule has 2 N–H and O–H groups in total. The van der Waals surface area contributed by atoms with Crippen LogP contribution in [0, 0.1) is 12.8 Å². The molecule has 1 unspecified atom stereocenters. The SMILES string of the molecule is CSCC[C@H](NC(=O)c1ccc(COC(CSC)CC2CCCCC2)cc1-c1ccccc1C)C(=O)O. The molecule has 0 aromatic heterocycles. The largest absolute Gasteiger partial charge is 0.480 e. The molecule has 2 aromatic carbocycles. The van der Waals surface area contributed by atoms with Crippen molar-refractivity contribution in [2.45, 2.75) is 70.6 Å². The van der Waals surface area contributed by atoms with Crippen LogP contribution in [0.3, 0.4) is 0 Å². The van der Waals surface area contributed by atoms with E-state index in [4.69, 9.17) is 4.74 Å². The molecule has 202 valence electrons. The first-order chi connectivity index (χ1) is 17.9. The summed E-state index contributed by atoms with van der Waals surface area (Å²) < 4.78 is 6.43. The van der Waals surface area contributed by atoms with E-state index in [1.165, 1.54) is 32.1 Å². The van der Waals surface area contributed by atoms with Gasteiger partial charge in [-0.2, -0.15) is 23.5 Å². The highest BCUT2D eigenvalue weighted by Crippen LogP contribution is 2.31. The molecule has 3 rings (SSSR count). The van der Waals surface area contributed by atoms with E-state index in [9.17, 15) is 14.7 Å². The Hall–Kier alpha value is -1.96. The van der Waals surface area contributed by atoms with Crippen LogP contribution in [0.25, 0.3) is 11.1 Å². The van der Waals surface area contributed by atoms with Crippen molar-refractivity contribution in [1.82, 2.24) is 5.32 Å². The van der Waals surface area contributed by atoms with Gasteiger partial charge in [0, 0.05) is 11.3 Å². The van der Waals surface area contributed by atoms with Crippen molar-refractivity contribution >= 4 is 35.4 Å². The Bertz CT molecular complexity index is 1020. The number of carbonyl (C=O) groups is 2. The van der Waals surface area contributed by atoms with E-state index in [1.54, 1.807) is 11.8 Å². The molecular weight excluding hydrogens is 502 g/mol. The molecule has 1 aliphatic rings. The predicted molar refractivity (Wildman–Crippen MR) is 157 cm³/mol. The van der Waals surface area contributed by atoms with Gasteiger partial charge in [-0.25, -0.2) is 4.79 Å². The minimum absolute atomic E-state index is 0.218. The number of hydrogen-bond acceptors (Lipinski definition) is 5. The molecule has 37 heavy (non-hydrogen) atoms. The van der Waals surface area contributed by atoms with Gasteiger partial charge in [-0.05, 0) is 78.3 Å². The minimum Gasteiger partial charge on any atom is -0.480 e. The molecule has 2 atom stereocenters. The summed E-state index contributed by atoms with van der Waals surface area (Å²) in [6, 6.07) is 12.8. The van der Waals surface area contributed by atoms with Crippen molar-refractivity contribution in [2.24, 2.45) is 5.92 Å². The summed E-state index contributed by atoms with van der Waals surface area (Å²) in [5.41, 5.74) is 4.33. The van der Waals surface area contributed by atoms with Crippen LogP contribution in [0.2, 0.25) is 0 Å². The van der Waals surface area contributed by atoms with Crippen LogP contribution < -0.4 is 5.32 Å². The number of benzene rings is 2. The molecule has 1 amide bonds. The van der Waals surface area contributed by atoms with Gasteiger partial charge in [0.1, 0.15) is 6.04 Å². The van der Waals surface area contributed by atoms with Gasteiger partial charge >= 0.3 is 5.97 Å². The Morgan fingerprint density at radius 3 is 2.49 bits per heavy atom. The van der Waals surface area contributed by atoms with Crippen LogP contribution in [0.1, 0.15) is 66.4 Å². The molecule has 5 nitrogen and oxygen atoms in total. The number of ether oxygens (including phenoxy) is 1. The maximum atomic E-state index is 13.3. The third-order valence-electron chi connectivity index (χ3n) is 7.14. The van der Waals surface area contributed by atoms with Gasteiger partial charge in [-0.15, -0.1) is 0 Å². The number of hydrogen-bond donors (Lipinski definition) is 2. The van der Waals surface area contributed by atoms with Crippen molar-refractivity contribution in [3.8, 4) is 11.1 Å². The van der Waals surface area contributed by atoms with E-state index in [0.717, 1.165) is 40.3 Å². The van der Waals surface area contributed by atoms with Gasteiger partial charge in [0.2, 0.25) is 0 Å². The summed E-state index contributed by atoms with van der Waals surface area (Å²) in [4.78, 5) is 25.0. The summed E-state index contributed by atoms with van der Waals surface area (Å²) in [6.07, 6.45) is 12.4. The number of amides is 1. The normalized spacial score (nSPS) is 15.8. The van der Waals surface area contributed by atoms with E-state index < -0.39 is 12.0 Å².